The van der Waals surface area contributed by atoms with Gasteiger partial charge >= 0.3 is 0 Å². The Morgan fingerprint density at radius 3 is 2.51 bits per heavy atom. The third kappa shape index (κ3) is 6.49. The fraction of sp³-hybridized carbons (Fsp3) is 0.161. The summed E-state index contributed by atoms with van der Waals surface area (Å²) in [6, 6.07) is 29.5. The SMILES string of the molecule is CCOc1cc(/C=C(/C#N)C(=O)N[C@@H](C)c2ccccc2)cc(I)c1OCc1cccc2ccccc12. The Bertz CT molecular complexity index is 1470. The van der Waals surface area contributed by atoms with Crippen molar-refractivity contribution in [2.24, 2.45) is 0 Å². The third-order valence-electron chi connectivity index (χ3n) is 5.91. The summed E-state index contributed by atoms with van der Waals surface area (Å²) in [7, 11) is 0. The van der Waals surface area contributed by atoms with Crippen LogP contribution in [-0.2, 0) is 11.4 Å². The number of nitrogens with one attached hydrogen (secondary N) is 1. The van der Waals surface area contributed by atoms with Crippen LogP contribution in [0.15, 0.2) is 90.5 Å². The maximum Gasteiger partial charge on any atom is 0.262 e. The quantitative estimate of drug-likeness (QED) is 0.125. The molecular formula is C31H27IN2O3. The molecular weight excluding hydrogens is 575 g/mol. The number of benzene rings is 4. The lowest BCUT2D eigenvalue weighted by atomic mass is 10.1. The molecule has 0 aromatic heterocycles. The predicted molar refractivity (Wildman–Crippen MR) is 155 cm³/mol. The van der Waals surface area contributed by atoms with Crippen LogP contribution in [-0.4, -0.2) is 12.5 Å². The van der Waals surface area contributed by atoms with E-state index < -0.39 is 5.91 Å². The van der Waals surface area contributed by atoms with Gasteiger partial charge in [-0.2, -0.15) is 5.26 Å². The van der Waals surface area contributed by atoms with E-state index in [2.05, 4.69) is 52.2 Å². The van der Waals surface area contributed by atoms with E-state index in [4.69, 9.17) is 9.47 Å². The molecule has 0 saturated heterocycles. The Balaban J connectivity index is 1.57. The lowest BCUT2D eigenvalue weighted by Gasteiger charge is -2.16. The number of amides is 1. The summed E-state index contributed by atoms with van der Waals surface area (Å²) in [5, 5.41) is 14.9. The number of nitriles is 1. The molecule has 5 nitrogen and oxygen atoms in total. The van der Waals surface area contributed by atoms with Gasteiger partial charge in [0.2, 0.25) is 0 Å². The van der Waals surface area contributed by atoms with Gasteiger partial charge in [0.25, 0.3) is 5.91 Å². The molecule has 0 spiro atoms. The van der Waals surface area contributed by atoms with Crippen molar-refractivity contribution >= 4 is 45.3 Å². The zero-order valence-electron chi connectivity index (χ0n) is 20.7. The molecule has 6 heteroatoms. The first-order valence-electron chi connectivity index (χ1n) is 12.0. The highest BCUT2D eigenvalue weighted by molar-refractivity contribution is 14.1. The van der Waals surface area contributed by atoms with Crippen molar-refractivity contribution in [1.29, 1.82) is 5.26 Å². The average Bonchev–Trinajstić information content (AvgIpc) is 2.92. The van der Waals surface area contributed by atoms with Crippen LogP contribution in [0.1, 0.15) is 36.6 Å². The zero-order chi connectivity index (χ0) is 26.2. The summed E-state index contributed by atoms with van der Waals surface area (Å²) in [6.45, 7) is 4.63. The standard InChI is InChI=1S/C31H27IN2O3/c1-3-36-29-18-22(16-26(19-33)31(35)34-21(2)23-10-5-4-6-11-23)17-28(32)30(29)37-20-25-14-9-13-24-12-7-8-15-27(24)25/h4-18,21H,3,20H2,1-2H3,(H,34,35)/b26-16-/t21-/m0/s1. The molecule has 0 unspecified atom stereocenters. The van der Waals surface area contributed by atoms with Crippen LogP contribution in [0.5, 0.6) is 11.5 Å². The molecule has 4 aromatic rings. The van der Waals surface area contributed by atoms with Crippen LogP contribution in [0.25, 0.3) is 16.8 Å². The molecule has 1 atom stereocenters. The third-order valence-corrected chi connectivity index (χ3v) is 6.71. The molecule has 0 aliphatic carbocycles. The Kier molecular flexibility index (Phi) is 8.81. The van der Waals surface area contributed by atoms with Crippen LogP contribution in [0.3, 0.4) is 0 Å². The van der Waals surface area contributed by atoms with Crippen molar-refractivity contribution in [1.82, 2.24) is 5.32 Å². The van der Waals surface area contributed by atoms with Crippen LogP contribution in [0, 0.1) is 14.9 Å². The van der Waals surface area contributed by atoms with Gasteiger partial charge in [0, 0.05) is 0 Å². The molecule has 1 amide bonds. The summed E-state index contributed by atoms with van der Waals surface area (Å²) < 4.78 is 13.0. The van der Waals surface area contributed by atoms with E-state index in [-0.39, 0.29) is 11.6 Å². The number of hydrogen-bond acceptors (Lipinski definition) is 4. The van der Waals surface area contributed by atoms with Crippen molar-refractivity contribution in [3.63, 3.8) is 0 Å². The second kappa shape index (κ2) is 12.4. The van der Waals surface area contributed by atoms with E-state index in [0.717, 1.165) is 25.5 Å². The van der Waals surface area contributed by atoms with Gasteiger partial charge in [0.15, 0.2) is 11.5 Å². The second-order valence-electron chi connectivity index (χ2n) is 8.47. The lowest BCUT2D eigenvalue weighted by Crippen LogP contribution is -2.27. The van der Waals surface area contributed by atoms with Gasteiger partial charge in [0.1, 0.15) is 18.2 Å². The Hall–Kier alpha value is -3.83. The van der Waals surface area contributed by atoms with Crippen molar-refractivity contribution in [3.8, 4) is 17.6 Å². The smallest absolute Gasteiger partial charge is 0.262 e. The van der Waals surface area contributed by atoms with Crippen molar-refractivity contribution < 1.29 is 14.3 Å². The van der Waals surface area contributed by atoms with Gasteiger partial charge in [-0.3, -0.25) is 4.79 Å². The molecule has 0 saturated carbocycles. The van der Waals surface area contributed by atoms with E-state index in [1.54, 1.807) is 12.1 Å². The fourth-order valence-corrected chi connectivity index (χ4v) is 4.84. The van der Waals surface area contributed by atoms with E-state index in [9.17, 15) is 10.1 Å². The molecule has 0 aliphatic rings. The Morgan fingerprint density at radius 2 is 1.76 bits per heavy atom. The largest absolute Gasteiger partial charge is 0.490 e. The normalized spacial score (nSPS) is 12.0. The Labute approximate surface area is 230 Å². The van der Waals surface area contributed by atoms with Crippen molar-refractivity contribution in [2.75, 3.05) is 6.61 Å². The monoisotopic (exact) mass is 602 g/mol. The number of carbonyl (C=O) groups excluding carboxylic acids is 1. The maximum absolute atomic E-state index is 12.8. The number of halogens is 1. The van der Waals surface area contributed by atoms with E-state index in [1.807, 2.05) is 74.5 Å². The molecule has 0 fully saturated rings. The van der Waals surface area contributed by atoms with Gasteiger partial charge in [-0.25, -0.2) is 0 Å². The number of fused-ring (bicyclic) bond motifs is 1. The molecule has 0 aliphatic heterocycles. The molecule has 0 heterocycles. The highest BCUT2D eigenvalue weighted by Crippen LogP contribution is 2.36. The van der Waals surface area contributed by atoms with Gasteiger partial charge in [-0.1, -0.05) is 72.8 Å². The summed E-state index contributed by atoms with van der Waals surface area (Å²) >= 11 is 2.20. The summed E-state index contributed by atoms with van der Waals surface area (Å²) in [5.74, 6) is 0.771. The highest BCUT2D eigenvalue weighted by Gasteiger charge is 2.16. The molecule has 1 N–H and O–H groups in total. The number of ether oxygens (including phenoxy) is 2. The molecule has 186 valence electrons. The first-order valence-corrected chi connectivity index (χ1v) is 13.1. The Morgan fingerprint density at radius 1 is 1.03 bits per heavy atom. The maximum atomic E-state index is 12.8. The summed E-state index contributed by atoms with van der Waals surface area (Å²) in [4.78, 5) is 12.8. The van der Waals surface area contributed by atoms with Crippen LogP contribution >= 0.6 is 22.6 Å². The summed E-state index contributed by atoms with van der Waals surface area (Å²) in [6.07, 6.45) is 1.58. The minimum absolute atomic E-state index is 0.0189. The first-order chi connectivity index (χ1) is 18.0. The van der Waals surface area contributed by atoms with Crippen molar-refractivity contribution in [3.05, 3.63) is 111 Å². The minimum Gasteiger partial charge on any atom is -0.490 e. The van der Waals surface area contributed by atoms with E-state index >= 15 is 0 Å². The second-order valence-corrected chi connectivity index (χ2v) is 9.63. The minimum atomic E-state index is -0.428. The number of rotatable bonds is 9. The summed E-state index contributed by atoms with van der Waals surface area (Å²) in [5.41, 5.74) is 2.75. The number of hydrogen-bond donors (Lipinski definition) is 1. The van der Waals surface area contributed by atoms with Gasteiger partial charge in [-0.05, 0) is 82.1 Å². The molecule has 4 rings (SSSR count). The van der Waals surface area contributed by atoms with Crippen LogP contribution < -0.4 is 14.8 Å². The van der Waals surface area contributed by atoms with E-state index in [1.165, 1.54) is 0 Å². The van der Waals surface area contributed by atoms with E-state index in [0.29, 0.717) is 30.3 Å². The van der Waals surface area contributed by atoms with Crippen molar-refractivity contribution in [2.45, 2.75) is 26.5 Å². The molecule has 4 aromatic carbocycles. The topological polar surface area (TPSA) is 71.3 Å². The molecule has 37 heavy (non-hydrogen) atoms. The molecule has 0 bridgehead atoms. The van der Waals surface area contributed by atoms with Gasteiger partial charge in [-0.15, -0.1) is 0 Å². The number of carbonyl (C=O) groups is 1. The van der Waals surface area contributed by atoms with Crippen LogP contribution in [0.4, 0.5) is 0 Å². The number of nitrogens with zero attached hydrogens (tertiary/aromatic N) is 1. The van der Waals surface area contributed by atoms with Gasteiger partial charge < -0.3 is 14.8 Å². The predicted octanol–water partition coefficient (Wildman–Crippen LogP) is 7.21. The first kappa shape index (κ1) is 26.2. The van der Waals surface area contributed by atoms with Gasteiger partial charge in [0.05, 0.1) is 16.2 Å². The zero-order valence-corrected chi connectivity index (χ0v) is 22.9. The van der Waals surface area contributed by atoms with Crippen LogP contribution in [0.2, 0.25) is 0 Å². The fourth-order valence-electron chi connectivity index (χ4n) is 4.06. The average molecular weight is 602 g/mol. The highest BCUT2D eigenvalue weighted by atomic mass is 127. The molecule has 0 radical (unpaired) electrons. The lowest BCUT2D eigenvalue weighted by molar-refractivity contribution is -0.117.